The van der Waals surface area contributed by atoms with Crippen LogP contribution in [0.1, 0.15) is 41.0 Å². The summed E-state index contributed by atoms with van der Waals surface area (Å²) >= 11 is 0. The summed E-state index contributed by atoms with van der Waals surface area (Å²) in [5.74, 6) is -0.336. The van der Waals surface area contributed by atoms with Gasteiger partial charge in [0, 0.05) is 19.6 Å². The molecule has 0 fully saturated rings. The van der Waals surface area contributed by atoms with Gasteiger partial charge in [-0.05, 0) is 32.0 Å². The smallest absolute Gasteiger partial charge is 0.261 e. The molecule has 0 saturated heterocycles. The number of rotatable bonds is 7. The van der Waals surface area contributed by atoms with Gasteiger partial charge in [0.05, 0.1) is 11.1 Å². The third-order valence-corrected chi connectivity index (χ3v) is 3.67. The highest BCUT2D eigenvalue weighted by Crippen LogP contribution is 2.22. The average molecular weight is 286 g/mol. The lowest BCUT2D eigenvalue weighted by Gasteiger charge is -2.21. The van der Waals surface area contributed by atoms with E-state index in [0.29, 0.717) is 17.7 Å². The number of likely N-dealkylation sites (N-methyl/N-ethyl adjacent to an activating group) is 1. The molecule has 1 aliphatic heterocycles. The standard InChI is InChI=1S/C17H22N2O2/c1-4-18(12-13(2)3)10-7-11-19-16(20)14-8-5-6-9-15(14)17(19)21/h5-6,8-9H,2,4,7,10-12H2,1,3H3. The largest absolute Gasteiger partial charge is 0.300 e. The molecule has 1 aliphatic rings. The molecule has 21 heavy (non-hydrogen) atoms. The van der Waals surface area contributed by atoms with Gasteiger partial charge in [-0.15, -0.1) is 0 Å². The van der Waals surface area contributed by atoms with E-state index in [-0.39, 0.29) is 11.8 Å². The van der Waals surface area contributed by atoms with E-state index in [4.69, 9.17) is 0 Å². The fraction of sp³-hybridized carbons (Fsp3) is 0.412. The number of fused-ring (bicyclic) bond motifs is 1. The number of carbonyl (C=O) groups excluding carboxylic acids is 2. The molecule has 0 atom stereocenters. The highest BCUT2D eigenvalue weighted by atomic mass is 16.2. The van der Waals surface area contributed by atoms with Crippen LogP contribution in [0.4, 0.5) is 0 Å². The molecule has 0 aliphatic carbocycles. The van der Waals surface area contributed by atoms with Crippen LogP contribution in [-0.2, 0) is 0 Å². The lowest BCUT2D eigenvalue weighted by atomic mass is 10.1. The van der Waals surface area contributed by atoms with Crippen molar-refractivity contribution in [3.05, 3.63) is 47.5 Å². The molecule has 0 N–H and O–H groups in total. The Hall–Kier alpha value is -1.94. The predicted molar refractivity (Wildman–Crippen MR) is 83.4 cm³/mol. The van der Waals surface area contributed by atoms with Gasteiger partial charge in [-0.2, -0.15) is 0 Å². The van der Waals surface area contributed by atoms with Crippen LogP contribution in [0.3, 0.4) is 0 Å². The molecule has 112 valence electrons. The van der Waals surface area contributed by atoms with E-state index in [1.165, 1.54) is 4.90 Å². The Labute approximate surface area is 126 Å². The summed E-state index contributed by atoms with van der Waals surface area (Å²) in [6.07, 6.45) is 0.784. The van der Waals surface area contributed by atoms with Crippen molar-refractivity contribution < 1.29 is 9.59 Å². The van der Waals surface area contributed by atoms with E-state index in [0.717, 1.165) is 31.6 Å². The van der Waals surface area contributed by atoms with E-state index >= 15 is 0 Å². The molecule has 1 aromatic carbocycles. The second-order valence-electron chi connectivity index (χ2n) is 5.49. The van der Waals surface area contributed by atoms with Gasteiger partial charge < -0.3 is 0 Å². The summed E-state index contributed by atoms with van der Waals surface area (Å²) in [6, 6.07) is 7.02. The minimum Gasteiger partial charge on any atom is -0.300 e. The molecule has 4 nitrogen and oxygen atoms in total. The van der Waals surface area contributed by atoms with Gasteiger partial charge in [0.2, 0.25) is 0 Å². The molecule has 0 bridgehead atoms. The van der Waals surface area contributed by atoms with E-state index in [9.17, 15) is 9.59 Å². The van der Waals surface area contributed by atoms with Gasteiger partial charge in [-0.3, -0.25) is 19.4 Å². The van der Waals surface area contributed by atoms with Crippen molar-refractivity contribution in [2.75, 3.05) is 26.2 Å². The number of nitrogens with zero attached hydrogens (tertiary/aromatic N) is 2. The van der Waals surface area contributed by atoms with E-state index in [2.05, 4.69) is 18.4 Å². The molecule has 1 heterocycles. The Kier molecular flexibility index (Phi) is 4.91. The molecule has 0 aromatic heterocycles. The fourth-order valence-corrected chi connectivity index (χ4v) is 2.63. The normalized spacial score (nSPS) is 14.0. The van der Waals surface area contributed by atoms with Crippen molar-refractivity contribution in [2.24, 2.45) is 0 Å². The van der Waals surface area contributed by atoms with Gasteiger partial charge in [-0.1, -0.05) is 31.2 Å². The Morgan fingerprint density at radius 1 is 1.19 bits per heavy atom. The number of benzene rings is 1. The van der Waals surface area contributed by atoms with Crippen LogP contribution in [0.15, 0.2) is 36.4 Å². The number of carbonyl (C=O) groups is 2. The van der Waals surface area contributed by atoms with Crippen LogP contribution in [0.25, 0.3) is 0 Å². The van der Waals surface area contributed by atoms with Crippen molar-refractivity contribution in [1.82, 2.24) is 9.80 Å². The maximum Gasteiger partial charge on any atom is 0.261 e. The average Bonchev–Trinajstić information content (AvgIpc) is 2.71. The zero-order valence-electron chi connectivity index (χ0n) is 12.8. The van der Waals surface area contributed by atoms with Gasteiger partial charge in [0.1, 0.15) is 0 Å². The monoisotopic (exact) mass is 286 g/mol. The summed E-state index contributed by atoms with van der Waals surface area (Å²) in [5.41, 5.74) is 2.17. The number of amides is 2. The molecular weight excluding hydrogens is 264 g/mol. The maximum atomic E-state index is 12.2. The second-order valence-corrected chi connectivity index (χ2v) is 5.49. The summed E-state index contributed by atoms with van der Waals surface area (Å²) < 4.78 is 0. The van der Waals surface area contributed by atoms with Crippen molar-refractivity contribution in [2.45, 2.75) is 20.3 Å². The Morgan fingerprint density at radius 2 is 1.76 bits per heavy atom. The van der Waals surface area contributed by atoms with Gasteiger partial charge in [0.15, 0.2) is 0 Å². The van der Waals surface area contributed by atoms with Gasteiger partial charge in [-0.25, -0.2) is 0 Å². The number of hydrogen-bond donors (Lipinski definition) is 0. The van der Waals surface area contributed by atoms with Crippen molar-refractivity contribution in [3.63, 3.8) is 0 Å². The SMILES string of the molecule is C=C(C)CN(CC)CCCN1C(=O)c2ccccc2C1=O. The lowest BCUT2D eigenvalue weighted by Crippen LogP contribution is -2.34. The minimum absolute atomic E-state index is 0.168. The van der Waals surface area contributed by atoms with E-state index < -0.39 is 0 Å². The topological polar surface area (TPSA) is 40.6 Å². The zero-order chi connectivity index (χ0) is 15.4. The summed E-state index contributed by atoms with van der Waals surface area (Å²) in [6.45, 7) is 11.2. The second kappa shape index (κ2) is 6.68. The Balaban J connectivity index is 1.92. The van der Waals surface area contributed by atoms with Crippen LogP contribution in [0.5, 0.6) is 0 Å². The van der Waals surface area contributed by atoms with Crippen LogP contribution in [-0.4, -0.2) is 47.8 Å². The summed E-state index contributed by atoms with van der Waals surface area (Å²) in [5, 5.41) is 0. The number of hydrogen-bond acceptors (Lipinski definition) is 3. The molecule has 0 saturated carbocycles. The fourth-order valence-electron chi connectivity index (χ4n) is 2.63. The highest BCUT2D eigenvalue weighted by Gasteiger charge is 2.34. The van der Waals surface area contributed by atoms with E-state index in [1.54, 1.807) is 24.3 Å². The first kappa shape index (κ1) is 15.4. The number of imide groups is 1. The van der Waals surface area contributed by atoms with Crippen LogP contribution >= 0.6 is 0 Å². The Morgan fingerprint density at radius 3 is 2.24 bits per heavy atom. The Bertz CT molecular complexity index is 531. The van der Waals surface area contributed by atoms with Gasteiger partial charge in [0.25, 0.3) is 11.8 Å². The molecule has 4 heteroatoms. The van der Waals surface area contributed by atoms with Crippen molar-refractivity contribution in [1.29, 1.82) is 0 Å². The maximum absolute atomic E-state index is 12.2. The molecular formula is C17H22N2O2. The van der Waals surface area contributed by atoms with Gasteiger partial charge >= 0.3 is 0 Å². The lowest BCUT2D eigenvalue weighted by molar-refractivity contribution is 0.0648. The van der Waals surface area contributed by atoms with Crippen molar-refractivity contribution >= 4 is 11.8 Å². The predicted octanol–water partition coefficient (Wildman–Crippen LogP) is 2.57. The zero-order valence-corrected chi connectivity index (χ0v) is 12.8. The summed E-state index contributed by atoms with van der Waals surface area (Å²) in [4.78, 5) is 28.0. The van der Waals surface area contributed by atoms with E-state index in [1.807, 2.05) is 6.92 Å². The quantitative estimate of drug-likeness (QED) is 0.571. The molecule has 2 rings (SSSR count). The molecule has 1 aromatic rings. The van der Waals surface area contributed by atoms with Crippen LogP contribution in [0, 0.1) is 0 Å². The molecule has 0 unspecified atom stereocenters. The van der Waals surface area contributed by atoms with Crippen molar-refractivity contribution in [3.8, 4) is 0 Å². The highest BCUT2D eigenvalue weighted by molar-refractivity contribution is 6.21. The van der Waals surface area contributed by atoms with Crippen LogP contribution in [0.2, 0.25) is 0 Å². The third kappa shape index (κ3) is 3.39. The first-order valence-corrected chi connectivity index (χ1v) is 7.36. The first-order chi connectivity index (χ1) is 10.0. The summed E-state index contributed by atoms with van der Waals surface area (Å²) in [7, 11) is 0. The van der Waals surface area contributed by atoms with Crippen LogP contribution < -0.4 is 0 Å². The minimum atomic E-state index is -0.168. The first-order valence-electron chi connectivity index (χ1n) is 7.36. The third-order valence-electron chi connectivity index (χ3n) is 3.67. The molecule has 0 spiro atoms. The molecule has 2 amide bonds. The molecule has 0 radical (unpaired) electrons.